The van der Waals surface area contributed by atoms with Crippen molar-refractivity contribution >= 4 is 29.3 Å². The second kappa shape index (κ2) is 9.77. The van der Waals surface area contributed by atoms with E-state index in [1.54, 1.807) is 18.2 Å². The van der Waals surface area contributed by atoms with Crippen molar-refractivity contribution in [3.63, 3.8) is 0 Å². The summed E-state index contributed by atoms with van der Waals surface area (Å²) in [7, 11) is 0. The van der Waals surface area contributed by atoms with Crippen LogP contribution in [-0.4, -0.2) is 16.7 Å². The number of carbonyl (C=O) groups is 2. The molecule has 0 aromatic heterocycles. The maximum atomic E-state index is 13.0. The Morgan fingerprint density at radius 1 is 0.909 bits per heavy atom. The minimum Gasteiger partial charge on any atom is -0.321 e. The summed E-state index contributed by atoms with van der Waals surface area (Å²) in [5.74, 6) is -1.50. The predicted molar refractivity (Wildman–Crippen MR) is 115 cm³/mol. The molecule has 0 fully saturated rings. The largest absolute Gasteiger partial charge is 0.416 e. The van der Waals surface area contributed by atoms with E-state index in [9.17, 15) is 32.9 Å². The lowest BCUT2D eigenvalue weighted by Gasteiger charge is -2.13. The van der Waals surface area contributed by atoms with Crippen LogP contribution < -0.4 is 10.6 Å². The number of nitro groups is 1. The molecule has 0 aliphatic heterocycles. The van der Waals surface area contributed by atoms with E-state index < -0.39 is 28.5 Å². The van der Waals surface area contributed by atoms with Gasteiger partial charge in [-0.25, -0.2) is 0 Å². The molecule has 10 heteroatoms. The Morgan fingerprint density at radius 3 is 2.18 bits per heavy atom. The Hall–Kier alpha value is -4.47. The summed E-state index contributed by atoms with van der Waals surface area (Å²) < 4.78 is 38.9. The Bertz CT molecular complexity index is 1210. The minimum absolute atomic E-state index is 0.126. The van der Waals surface area contributed by atoms with Crippen LogP contribution in [0.3, 0.4) is 0 Å². The van der Waals surface area contributed by atoms with E-state index in [1.165, 1.54) is 48.5 Å². The van der Waals surface area contributed by atoms with Gasteiger partial charge in [0.1, 0.15) is 5.70 Å². The Kier molecular flexibility index (Phi) is 6.87. The third kappa shape index (κ3) is 6.26. The highest BCUT2D eigenvalue weighted by molar-refractivity contribution is 6.10. The molecule has 3 aromatic carbocycles. The van der Waals surface area contributed by atoms with Gasteiger partial charge >= 0.3 is 6.18 Å². The third-order valence-electron chi connectivity index (χ3n) is 4.39. The number of hydrogen-bond donors (Lipinski definition) is 2. The molecule has 0 aliphatic rings. The van der Waals surface area contributed by atoms with Crippen molar-refractivity contribution in [2.24, 2.45) is 0 Å². The van der Waals surface area contributed by atoms with E-state index in [0.717, 1.165) is 18.2 Å². The van der Waals surface area contributed by atoms with E-state index in [2.05, 4.69) is 10.6 Å². The van der Waals surface area contributed by atoms with Crippen molar-refractivity contribution in [1.29, 1.82) is 0 Å². The monoisotopic (exact) mass is 455 g/mol. The van der Waals surface area contributed by atoms with Crippen molar-refractivity contribution in [3.05, 3.63) is 111 Å². The SMILES string of the molecule is O=C(Nc1cccc(C(F)(F)F)c1)/C(=C\c1ccc([N+](=O)[O-])cc1)NC(=O)c1ccccc1. The van der Waals surface area contributed by atoms with Crippen LogP contribution in [0.4, 0.5) is 24.5 Å². The second-order valence-corrected chi connectivity index (χ2v) is 6.76. The highest BCUT2D eigenvalue weighted by atomic mass is 19.4. The number of nitrogens with one attached hydrogen (secondary N) is 2. The Labute approximate surface area is 185 Å². The predicted octanol–water partition coefficient (Wildman–Crippen LogP) is 5.02. The smallest absolute Gasteiger partial charge is 0.321 e. The van der Waals surface area contributed by atoms with Crippen LogP contribution in [0.5, 0.6) is 0 Å². The summed E-state index contributed by atoms with van der Waals surface area (Å²) in [6.45, 7) is 0. The minimum atomic E-state index is -4.60. The first-order valence-electron chi connectivity index (χ1n) is 9.44. The zero-order valence-corrected chi connectivity index (χ0v) is 16.8. The summed E-state index contributed by atoms with van der Waals surface area (Å²) >= 11 is 0. The molecule has 0 radical (unpaired) electrons. The lowest BCUT2D eigenvalue weighted by molar-refractivity contribution is -0.384. The molecule has 3 aromatic rings. The molecule has 3 rings (SSSR count). The lowest BCUT2D eigenvalue weighted by atomic mass is 10.1. The fourth-order valence-corrected chi connectivity index (χ4v) is 2.77. The zero-order chi connectivity index (χ0) is 24.0. The molecule has 0 bridgehead atoms. The van der Waals surface area contributed by atoms with E-state index in [-0.39, 0.29) is 22.6 Å². The van der Waals surface area contributed by atoms with Crippen LogP contribution in [0.15, 0.2) is 84.6 Å². The average Bonchev–Trinajstić information content (AvgIpc) is 2.79. The number of nitrogens with zero attached hydrogens (tertiary/aromatic N) is 1. The van der Waals surface area contributed by atoms with Crippen molar-refractivity contribution in [3.8, 4) is 0 Å². The molecule has 168 valence electrons. The first kappa shape index (κ1) is 23.2. The first-order chi connectivity index (χ1) is 15.6. The fourth-order valence-electron chi connectivity index (χ4n) is 2.77. The van der Waals surface area contributed by atoms with Crippen molar-refractivity contribution in [2.45, 2.75) is 6.18 Å². The molecule has 0 heterocycles. The van der Waals surface area contributed by atoms with E-state index >= 15 is 0 Å². The molecule has 7 nitrogen and oxygen atoms in total. The van der Waals surface area contributed by atoms with Gasteiger partial charge < -0.3 is 10.6 Å². The van der Waals surface area contributed by atoms with Crippen LogP contribution in [0, 0.1) is 10.1 Å². The van der Waals surface area contributed by atoms with Gasteiger partial charge in [-0.15, -0.1) is 0 Å². The van der Waals surface area contributed by atoms with Gasteiger partial charge in [0.2, 0.25) is 0 Å². The second-order valence-electron chi connectivity index (χ2n) is 6.76. The molecule has 0 unspecified atom stereocenters. The number of amides is 2. The topological polar surface area (TPSA) is 101 Å². The number of nitro benzene ring substituents is 1. The molecule has 2 amide bonds. The van der Waals surface area contributed by atoms with Gasteiger partial charge in [-0.2, -0.15) is 13.2 Å². The van der Waals surface area contributed by atoms with Crippen LogP contribution in [-0.2, 0) is 11.0 Å². The normalized spacial score (nSPS) is 11.5. The summed E-state index contributed by atoms with van der Waals surface area (Å²) in [5.41, 5.74) is -0.916. The number of rotatable bonds is 6. The van der Waals surface area contributed by atoms with Crippen LogP contribution in [0.25, 0.3) is 6.08 Å². The van der Waals surface area contributed by atoms with Crippen LogP contribution >= 0.6 is 0 Å². The maximum Gasteiger partial charge on any atom is 0.416 e. The van der Waals surface area contributed by atoms with Gasteiger partial charge in [0.15, 0.2) is 0 Å². The quantitative estimate of drug-likeness (QED) is 0.309. The highest BCUT2D eigenvalue weighted by Gasteiger charge is 2.30. The van der Waals surface area contributed by atoms with Crippen LogP contribution in [0.1, 0.15) is 21.5 Å². The summed E-state index contributed by atoms with van der Waals surface area (Å²) in [6, 6.07) is 17.2. The Morgan fingerprint density at radius 2 is 1.58 bits per heavy atom. The molecule has 0 atom stereocenters. The van der Waals surface area contributed by atoms with Crippen molar-refractivity contribution < 1.29 is 27.7 Å². The van der Waals surface area contributed by atoms with Gasteiger partial charge in [-0.05, 0) is 54.1 Å². The number of anilines is 1. The van der Waals surface area contributed by atoms with E-state index in [4.69, 9.17) is 0 Å². The number of alkyl halides is 3. The summed E-state index contributed by atoms with van der Waals surface area (Å²) in [5, 5.41) is 15.6. The standard InChI is InChI=1S/C23H16F3N3O4/c24-23(25,26)17-7-4-8-18(14-17)27-22(31)20(28-21(30)16-5-2-1-3-6-16)13-15-9-11-19(12-10-15)29(32)33/h1-14H,(H,27,31)(H,28,30)/b20-13+. The van der Waals surface area contributed by atoms with Gasteiger partial charge in [0.05, 0.1) is 10.5 Å². The molecule has 0 aliphatic carbocycles. The molecule has 0 saturated heterocycles. The van der Waals surface area contributed by atoms with Gasteiger partial charge in [-0.1, -0.05) is 24.3 Å². The molecular formula is C23H16F3N3O4. The summed E-state index contributed by atoms with van der Waals surface area (Å²) in [4.78, 5) is 35.6. The van der Waals surface area contributed by atoms with Gasteiger partial charge in [-0.3, -0.25) is 19.7 Å². The number of halogens is 3. The number of carbonyl (C=O) groups excluding carboxylic acids is 2. The van der Waals surface area contributed by atoms with Crippen molar-refractivity contribution in [2.75, 3.05) is 5.32 Å². The fraction of sp³-hybridized carbons (Fsp3) is 0.0435. The molecule has 2 N–H and O–H groups in total. The number of non-ortho nitro benzene ring substituents is 1. The average molecular weight is 455 g/mol. The van der Waals surface area contributed by atoms with Gasteiger partial charge in [0, 0.05) is 23.4 Å². The first-order valence-corrected chi connectivity index (χ1v) is 9.44. The third-order valence-corrected chi connectivity index (χ3v) is 4.39. The molecule has 0 spiro atoms. The maximum absolute atomic E-state index is 13.0. The van der Waals surface area contributed by atoms with Crippen molar-refractivity contribution in [1.82, 2.24) is 5.32 Å². The summed E-state index contributed by atoms with van der Waals surface area (Å²) in [6.07, 6.45) is -3.34. The number of hydrogen-bond acceptors (Lipinski definition) is 4. The Balaban J connectivity index is 1.91. The number of benzene rings is 3. The molecular weight excluding hydrogens is 439 g/mol. The van der Waals surface area contributed by atoms with Crippen LogP contribution in [0.2, 0.25) is 0 Å². The molecule has 0 saturated carbocycles. The van der Waals surface area contributed by atoms with E-state index in [0.29, 0.717) is 5.56 Å². The zero-order valence-electron chi connectivity index (χ0n) is 16.8. The van der Waals surface area contributed by atoms with Gasteiger partial charge in [0.25, 0.3) is 17.5 Å². The molecule has 33 heavy (non-hydrogen) atoms. The highest BCUT2D eigenvalue weighted by Crippen LogP contribution is 2.30. The lowest BCUT2D eigenvalue weighted by Crippen LogP contribution is -2.30. The van der Waals surface area contributed by atoms with E-state index in [1.807, 2.05) is 0 Å².